The van der Waals surface area contributed by atoms with Crippen molar-refractivity contribution in [2.75, 3.05) is 13.1 Å². The molecular formula is C12H17NO3. The van der Waals surface area contributed by atoms with Crippen molar-refractivity contribution in [3.8, 4) is 0 Å². The van der Waals surface area contributed by atoms with E-state index in [1.807, 2.05) is 20.8 Å². The first kappa shape index (κ1) is 11.2. The second-order valence-corrected chi connectivity index (χ2v) is 4.46. The molecule has 0 aliphatic carbocycles. The quantitative estimate of drug-likeness (QED) is 0.799. The van der Waals surface area contributed by atoms with Crippen LogP contribution in [0.15, 0.2) is 4.42 Å². The molecule has 1 aromatic rings. The van der Waals surface area contributed by atoms with Gasteiger partial charge in [-0.2, -0.15) is 0 Å². The number of hydrogen-bond donors (Lipinski definition) is 2. The Labute approximate surface area is 94.6 Å². The second kappa shape index (κ2) is 3.94. The van der Waals surface area contributed by atoms with E-state index in [0.29, 0.717) is 6.54 Å². The van der Waals surface area contributed by atoms with E-state index in [1.54, 1.807) is 0 Å². The molecule has 2 atom stereocenters. The molecule has 2 N–H and O–H groups in total. The van der Waals surface area contributed by atoms with E-state index in [-0.39, 0.29) is 11.8 Å². The summed E-state index contributed by atoms with van der Waals surface area (Å²) in [6.07, 6.45) is 0. The standard InChI is InChI=1S/C12H17NO3/c1-6-7(2)16-8(3)11(6)9-4-13-5-10(9)12(14)15/h9-10,13H,4-5H2,1-3H3,(H,14,15). The van der Waals surface area contributed by atoms with Gasteiger partial charge in [0.05, 0.1) is 5.92 Å². The zero-order valence-electron chi connectivity index (χ0n) is 9.83. The van der Waals surface area contributed by atoms with Gasteiger partial charge in [-0.05, 0) is 26.3 Å². The summed E-state index contributed by atoms with van der Waals surface area (Å²) in [6.45, 7) is 7.09. The topological polar surface area (TPSA) is 62.5 Å². The summed E-state index contributed by atoms with van der Waals surface area (Å²) in [4.78, 5) is 11.1. The number of aryl methyl sites for hydroxylation is 2. The van der Waals surface area contributed by atoms with Gasteiger partial charge in [0.1, 0.15) is 11.5 Å². The maximum atomic E-state index is 11.1. The molecule has 0 saturated carbocycles. The lowest BCUT2D eigenvalue weighted by Gasteiger charge is -2.15. The number of rotatable bonds is 2. The van der Waals surface area contributed by atoms with Gasteiger partial charge in [0, 0.05) is 24.6 Å². The Morgan fingerprint density at radius 2 is 2.00 bits per heavy atom. The average Bonchev–Trinajstić information content (AvgIpc) is 2.73. The highest BCUT2D eigenvalue weighted by atomic mass is 16.4. The van der Waals surface area contributed by atoms with Crippen molar-refractivity contribution in [3.05, 3.63) is 22.6 Å². The Hall–Kier alpha value is -1.29. The predicted molar refractivity (Wildman–Crippen MR) is 59.7 cm³/mol. The van der Waals surface area contributed by atoms with E-state index in [1.165, 1.54) is 0 Å². The molecule has 4 heteroatoms. The minimum atomic E-state index is -0.729. The lowest BCUT2D eigenvalue weighted by Crippen LogP contribution is -2.21. The van der Waals surface area contributed by atoms with Crippen molar-refractivity contribution in [3.63, 3.8) is 0 Å². The van der Waals surface area contributed by atoms with Crippen LogP contribution < -0.4 is 5.32 Å². The van der Waals surface area contributed by atoms with Crippen LogP contribution >= 0.6 is 0 Å². The van der Waals surface area contributed by atoms with Crippen LogP contribution in [0.25, 0.3) is 0 Å². The first-order valence-corrected chi connectivity index (χ1v) is 5.52. The van der Waals surface area contributed by atoms with Crippen molar-refractivity contribution >= 4 is 5.97 Å². The summed E-state index contributed by atoms with van der Waals surface area (Å²) in [5.41, 5.74) is 2.17. The molecule has 2 rings (SSSR count). The molecule has 1 aromatic heterocycles. The molecule has 0 radical (unpaired) electrons. The highest BCUT2D eigenvalue weighted by Gasteiger charge is 2.36. The van der Waals surface area contributed by atoms with E-state index in [2.05, 4.69) is 5.32 Å². The summed E-state index contributed by atoms with van der Waals surface area (Å²) in [6, 6.07) is 0. The SMILES string of the molecule is Cc1oc(C)c(C2CNCC2C(=O)O)c1C. The van der Waals surface area contributed by atoms with Crippen molar-refractivity contribution in [1.29, 1.82) is 0 Å². The summed E-state index contributed by atoms with van der Waals surface area (Å²) in [5.74, 6) is 0.718. The highest BCUT2D eigenvalue weighted by Crippen LogP contribution is 2.35. The van der Waals surface area contributed by atoms with Gasteiger partial charge in [-0.15, -0.1) is 0 Å². The van der Waals surface area contributed by atoms with E-state index < -0.39 is 5.97 Å². The molecule has 0 amide bonds. The van der Waals surface area contributed by atoms with Crippen LogP contribution in [0.3, 0.4) is 0 Å². The van der Waals surface area contributed by atoms with Gasteiger partial charge < -0.3 is 14.8 Å². The Kier molecular flexibility index (Phi) is 2.76. The fraction of sp³-hybridized carbons (Fsp3) is 0.583. The Morgan fingerprint density at radius 3 is 2.50 bits per heavy atom. The maximum absolute atomic E-state index is 11.1. The van der Waals surface area contributed by atoms with Crippen LogP contribution in [0.4, 0.5) is 0 Å². The average molecular weight is 223 g/mol. The lowest BCUT2D eigenvalue weighted by atomic mass is 9.87. The lowest BCUT2D eigenvalue weighted by molar-refractivity contribution is -0.141. The Balaban J connectivity index is 2.40. The van der Waals surface area contributed by atoms with Gasteiger partial charge in [-0.3, -0.25) is 4.79 Å². The van der Waals surface area contributed by atoms with Crippen LogP contribution in [-0.2, 0) is 4.79 Å². The number of hydrogen-bond acceptors (Lipinski definition) is 3. The number of carbonyl (C=O) groups is 1. The molecule has 0 spiro atoms. The fourth-order valence-electron chi connectivity index (χ4n) is 2.60. The zero-order valence-corrected chi connectivity index (χ0v) is 9.83. The fourth-order valence-corrected chi connectivity index (χ4v) is 2.60. The minimum absolute atomic E-state index is 0.0370. The van der Waals surface area contributed by atoms with Gasteiger partial charge >= 0.3 is 5.97 Å². The Morgan fingerprint density at radius 1 is 1.31 bits per heavy atom. The number of carboxylic acids is 1. The summed E-state index contributed by atoms with van der Waals surface area (Å²) < 4.78 is 5.57. The Bertz CT molecular complexity index is 422. The van der Waals surface area contributed by atoms with Gasteiger partial charge in [0.15, 0.2) is 0 Å². The molecule has 1 aliphatic rings. The smallest absolute Gasteiger partial charge is 0.308 e. The molecule has 1 aliphatic heterocycles. The number of nitrogens with one attached hydrogen (secondary N) is 1. The largest absolute Gasteiger partial charge is 0.481 e. The van der Waals surface area contributed by atoms with E-state index >= 15 is 0 Å². The molecule has 16 heavy (non-hydrogen) atoms. The third-order valence-electron chi connectivity index (χ3n) is 3.52. The van der Waals surface area contributed by atoms with E-state index in [0.717, 1.165) is 29.2 Å². The highest BCUT2D eigenvalue weighted by molar-refractivity contribution is 5.72. The van der Waals surface area contributed by atoms with Gasteiger partial charge in [0.2, 0.25) is 0 Å². The molecule has 2 unspecified atom stereocenters. The summed E-state index contributed by atoms with van der Waals surface area (Å²) in [5, 5.41) is 12.3. The molecule has 0 aromatic carbocycles. The van der Waals surface area contributed by atoms with Crippen LogP contribution in [0.2, 0.25) is 0 Å². The molecule has 4 nitrogen and oxygen atoms in total. The van der Waals surface area contributed by atoms with Crippen molar-refractivity contribution in [1.82, 2.24) is 5.32 Å². The monoisotopic (exact) mass is 223 g/mol. The molecule has 2 heterocycles. The molecule has 88 valence electrons. The van der Waals surface area contributed by atoms with Gasteiger partial charge in [-0.1, -0.05) is 0 Å². The minimum Gasteiger partial charge on any atom is -0.481 e. The van der Waals surface area contributed by atoms with Crippen molar-refractivity contribution in [2.24, 2.45) is 5.92 Å². The normalized spacial score (nSPS) is 24.9. The number of furan rings is 1. The molecular weight excluding hydrogens is 206 g/mol. The molecule has 0 bridgehead atoms. The van der Waals surface area contributed by atoms with Crippen LogP contribution in [0, 0.1) is 26.7 Å². The molecule has 1 saturated heterocycles. The van der Waals surface area contributed by atoms with Crippen LogP contribution in [0.5, 0.6) is 0 Å². The maximum Gasteiger partial charge on any atom is 0.308 e. The van der Waals surface area contributed by atoms with Crippen molar-refractivity contribution in [2.45, 2.75) is 26.7 Å². The first-order chi connectivity index (χ1) is 7.52. The van der Waals surface area contributed by atoms with Gasteiger partial charge in [0.25, 0.3) is 0 Å². The molecule has 1 fully saturated rings. The van der Waals surface area contributed by atoms with Gasteiger partial charge in [-0.25, -0.2) is 0 Å². The third-order valence-corrected chi connectivity index (χ3v) is 3.52. The number of carboxylic acid groups (broad SMARTS) is 1. The van der Waals surface area contributed by atoms with Crippen LogP contribution in [-0.4, -0.2) is 24.2 Å². The predicted octanol–water partition coefficient (Wildman–Crippen LogP) is 1.59. The zero-order chi connectivity index (χ0) is 11.9. The summed E-state index contributed by atoms with van der Waals surface area (Å²) >= 11 is 0. The third kappa shape index (κ3) is 1.63. The summed E-state index contributed by atoms with van der Waals surface area (Å²) in [7, 11) is 0. The first-order valence-electron chi connectivity index (χ1n) is 5.52. The van der Waals surface area contributed by atoms with E-state index in [4.69, 9.17) is 9.52 Å². The number of aliphatic carboxylic acids is 1. The second-order valence-electron chi connectivity index (χ2n) is 4.46. The van der Waals surface area contributed by atoms with Crippen LogP contribution in [0.1, 0.15) is 28.6 Å². The van der Waals surface area contributed by atoms with Crippen molar-refractivity contribution < 1.29 is 14.3 Å². The van der Waals surface area contributed by atoms with E-state index in [9.17, 15) is 4.79 Å².